The Balaban J connectivity index is 3.02. The maximum atomic E-state index is 13.3. The molecule has 1 heterocycles. The first kappa shape index (κ1) is 11.0. The Morgan fingerprint density at radius 2 is 1.88 bits per heavy atom. The van der Waals surface area contributed by atoms with Gasteiger partial charge in [0.15, 0.2) is 5.36 Å². The molecule has 1 aliphatic rings. The molecular weight excluding hydrogens is 233 g/mol. The van der Waals surface area contributed by atoms with Gasteiger partial charge in [-0.1, -0.05) is 0 Å². The van der Waals surface area contributed by atoms with Crippen LogP contribution in [0.15, 0.2) is 16.1 Å². The summed E-state index contributed by atoms with van der Waals surface area (Å²) in [6.45, 7) is 1.18. The molecule has 0 spiro atoms. The second-order valence-corrected chi connectivity index (χ2v) is 3.29. The third-order valence-corrected chi connectivity index (χ3v) is 2.24. The van der Waals surface area contributed by atoms with E-state index >= 15 is 0 Å². The number of carbonyl (C=O) groups excluding carboxylic acids is 2. The highest BCUT2D eigenvalue weighted by Gasteiger charge is 2.25. The molecule has 0 atom stereocenters. The largest absolute Gasteiger partial charge is 0.338 e. The van der Waals surface area contributed by atoms with Gasteiger partial charge in [-0.15, -0.1) is 0 Å². The fraction of sp³-hybridized carbons (Fsp3) is 0.111. The van der Waals surface area contributed by atoms with E-state index in [4.69, 9.17) is 0 Å². The van der Waals surface area contributed by atoms with Crippen molar-refractivity contribution in [2.75, 3.05) is 0 Å². The van der Waals surface area contributed by atoms with Crippen molar-refractivity contribution in [3.05, 3.63) is 38.3 Å². The van der Waals surface area contributed by atoms with E-state index in [2.05, 4.69) is 9.98 Å². The second-order valence-electron chi connectivity index (χ2n) is 3.29. The normalized spacial score (nSPS) is 13.8. The molecule has 7 nitrogen and oxygen atoms in total. The molecule has 86 valence electrons. The second kappa shape index (κ2) is 3.51. The van der Waals surface area contributed by atoms with E-state index in [1.165, 1.54) is 6.92 Å². The number of hydrogen-bond donors (Lipinski definition) is 0. The first-order valence-electron chi connectivity index (χ1n) is 4.41. The summed E-state index contributed by atoms with van der Waals surface area (Å²) in [5.74, 6) is -3.25. The van der Waals surface area contributed by atoms with Crippen LogP contribution in [0, 0.1) is 22.9 Å². The van der Waals surface area contributed by atoms with E-state index in [-0.39, 0.29) is 16.3 Å². The van der Waals surface area contributed by atoms with Gasteiger partial charge in [0.25, 0.3) is 0 Å². The van der Waals surface area contributed by atoms with E-state index in [1.807, 2.05) is 0 Å². The number of amides is 2. The van der Waals surface area contributed by atoms with Gasteiger partial charge in [-0.3, -0.25) is 19.7 Å². The number of nitrogens with zero attached hydrogens (tertiary/aromatic N) is 3. The van der Waals surface area contributed by atoms with Crippen molar-refractivity contribution < 1.29 is 18.9 Å². The summed E-state index contributed by atoms with van der Waals surface area (Å²) in [6, 6.07) is 0.839. The average Bonchev–Trinajstić information content (AvgIpc) is 2.23. The van der Waals surface area contributed by atoms with Gasteiger partial charge in [-0.25, -0.2) is 9.38 Å². The quantitative estimate of drug-likeness (QED) is 0.367. The van der Waals surface area contributed by atoms with Crippen LogP contribution in [0.5, 0.6) is 0 Å². The highest BCUT2D eigenvalue weighted by molar-refractivity contribution is 6.36. The molecule has 0 fully saturated rings. The first-order valence-corrected chi connectivity index (χ1v) is 4.41. The Morgan fingerprint density at radius 3 is 2.47 bits per heavy atom. The zero-order valence-corrected chi connectivity index (χ0v) is 8.43. The van der Waals surface area contributed by atoms with Gasteiger partial charge in [-0.05, 0) is 6.92 Å². The van der Waals surface area contributed by atoms with Crippen molar-refractivity contribution >= 4 is 17.5 Å². The number of hydrogen-bond acceptors (Lipinski definition) is 4. The molecule has 0 aliphatic carbocycles. The third-order valence-electron chi connectivity index (χ3n) is 2.24. The van der Waals surface area contributed by atoms with Gasteiger partial charge < -0.3 is 0 Å². The summed E-state index contributed by atoms with van der Waals surface area (Å²) in [4.78, 5) is 38.4. The topological polar surface area (TPSA) is 102 Å². The van der Waals surface area contributed by atoms with Crippen molar-refractivity contribution in [2.45, 2.75) is 6.92 Å². The fourth-order valence-corrected chi connectivity index (χ4v) is 1.43. The molecule has 17 heavy (non-hydrogen) atoms. The van der Waals surface area contributed by atoms with Crippen LogP contribution in [0.1, 0.15) is 5.56 Å². The van der Waals surface area contributed by atoms with Gasteiger partial charge in [-0.2, -0.15) is 4.99 Å². The van der Waals surface area contributed by atoms with Gasteiger partial charge in [0.2, 0.25) is 0 Å². The average molecular weight is 237 g/mol. The minimum atomic E-state index is -1.20. The Bertz CT molecular complexity index is 695. The number of carbonyl (C=O) groups is 2. The monoisotopic (exact) mass is 237 g/mol. The van der Waals surface area contributed by atoms with E-state index in [0.717, 1.165) is 6.07 Å². The van der Waals surface area contributed by atoms with Crippen LogP contribution in [0.2, 0.25) is 0 Å². The predicted molar refractivity (Wildman–Crippen MR) is 50.1 cm³/mol. The molecule has 0 saturated carbocycles. The highest BCUT2D eigenvalue weighted by Crippen LogP contribution is 2.14. The molecule has 2 amide bonds. The van der Waals surface area contributed by atoms with Crippen LogP contribution >= 0.6 is 0 Å². The lowest BCUT2D eigenvalue weighted by Gasteiger charge is -2.02. The molecule has 0 aromatic heterocycles. The molecule has 1 aliphatic heterocycles. The summed E-state index contributed by atoms with van der Waals surface area (Å²) in [6.07, 6.45) is 0. The molecular formula is C9H4FN3O4. The molecule has 1 aromatic rings. The molecule has 2 rings (SSSR count). The molecule has 0 saturated heterocycles. The minimum absolute atomic E-state index is 0.255. The highest BCUT2D eigenvalue weighted by atomic mass is 19.1. The van der Waals surface area contributed by atoms with Crippen LogP contribution in [0.3, 0.4) is 0 Å². The van der Waals surface area contributed by atoms with Crippen LogP contribution in [-0.4, -0.2) is 16.7 Å². The zero-order chi connectivity index (χ0) is 12.7. The summed E-state index contributed by atoms with van der Waals surface area (Å²) in [5, 5.41) is 10.1. The number of nitro groups is 1. The van der Waals surface area contributed by atoms with E-state index in [0.29, 0.717) is 0 Å². The van der Waals surface area contributed by atoms with Crippen molar-refractivity contribution in [1.29, 1.82) is 0 Å². The molecule has 0 unspecified atom stereocenters. The summed E-state index contributed by atoms with van der Waals surface area (Å²) in [5.41, 5.74) is -0.903. The Kier molecular flexibility index (Phi) is 2.27. The maximum Gasteiger partial charge on any atom is 0.338 e. The van der Waals surface area contributed by atoms with Crippen LogP contribution < -0.4 is 10.7 Å². The van der Waals surface area contributed by atoms with E-state index < -0.39 is 28.2 Å². The van der Waals surface area contributed by atoms with Gasteiger partial charge in [0, 0.05) is 6.07 Å². The SMILES string of the molecule is Cc1c(F)cc2c(c1[N+](=O)[O-])=NC(=O)C(=O)N=2. The van der Waals surface area contributed by atoms with Crippen LogP contribution in [0.4, 0.5) is 10.1 Å². The first-order chi connectivity index (χ1) is 7.91. The molecule has 0 radical (unpaired) electrons. The smallest absolute Gasteiger partial charge is 0.261 e. The molecule has 0 bridgehead atoms. The number of nitro benzene ring substituents is 1. The lowest BCUT2D eigenvalue weighted by molar-refractivity contribution is -0.387. The Morgan fingerprint density at radius 1 is 1.29 bits per heavy atom. The van der Waals surface area contributed by atoms with Crippen molar-refractivity contribution in [3.8, 4) is 0 Å². The Labute approximate surface area is 92.5 Å². The summed E-state index contributed by atoms with van der Waals surface area (Å²) in [7, 11) is 0. The zero-order valence-electron chi connectivity index (χ0n) is 8.43. The number of benzene rings is 1. The predicted octanol–water partition coefficient (Wildman–Crippen LogP) is -0.652. The lowest BCUT2D eigenvalue weighted by Crippen LogP contribution is -2.37. The van der Waals surface area contributed by atoms with Crippen LogP contribution in [-0.2, 0) is 9.59 Å². The molecule has 8 heteroatoms. The number of halogens is 1. The minimum Gasteiger partial charge on any atom is -0.261 e. The molecule has 0 N–H and O–H groups in total. The van der Waals surface area contributed by atoms with Gasteiger partial charge in [0.1, 0.15) is 11.2 Å². The number of fused-ring (bicyclic) bond motifs is 1. The Hall–Kier alpha value is -2.51. The van der Waals surface area contributed by atoms with Gasteiger partial charge in [0.05, 0.1) is 10.5 Å². The van der Waals surface area contributed by atoms with Crippen LogP contribution in [0.25, 0.3) is 0 Å². The standard InChI is InChI=1S/C9H4FN3O4/c1-3-4(10)2-5-6(7(3)13(16)17)12-9(15)8(14)11-5/h2H,1H3. The summed E-state index contributed by atoms with van der Waals surface area (Å²) >= 11 is 0. The van der Waals surface area contributed by atoms with E-state index in [1.54, 1.807) is 0 Å². The van der Waals surface area contributed by atoms with Gasteiger partial charge >= 0.3 is 17.5 Å². The fourth-order valence-electron chi connectivity index (χ4n) is 1.43. The van der Waals surface area contributed by atoms with Crippen molar-refractivity contribution in [2.24, 2.45) is 9.98 Å². The molecule has 1 aromatic carbocycles. The van der Waals surface area contributed by atoms with Crippen molar-refractivity contribution in [1.82, 2.24) is 0 Å². The number of rotatable bonds is 1. The maximum absolute atomic E-state index is 13.3. The lowest BCUT2D eigenvalue weighted by atomic mass is 10.1. The third kappa shape index (κ3) is 1.59. The summed E-state index contributed by atoms with van der Waals surface area (Å²) < 4.78 is 13.3. The van der Waals surface area contributed by atoms with E-state index in [9.17, 15) is 24.1 Å². The van der Waals surface area contributed by atoms with Crippen molar-refractivity contribution in [3.63, 3.8) is 0 Å².